The summed E-state index contributed by atoms with van der Waals surface area (Å²) in [7, 11) is 1.89. The van der Waals surface area contributed by atoms with Crippen LogP contribution in [0, 0.1) is 6.92 Å². The Labute approximate surface area is 167 Å². The lowest BCUT2D eigenvalue weighted by molar-refractivity contribution is 0.0949. The van der Waals surface area contributed by atoms with Gasteiger partial charge < -0.3 is 5.32 Å². The van der Waals surface area contributed by atoms with E-state index in [2.05, 4.69) is 20.5 Å². The molecule has 28 heavy (non-hydrogen) atoms. The quantitative estimate of drug-likeness (QED) is 0.564. The molecule has 1 amide bonds. The molecule has 0 unspecified atom stereocenters. The summed E-state index contributed by atoms with van der Waals surface area (Å²) in [6, 6.07) is 11.1. The number of aryl methyl sites for hydroxylation is 1. The molecule has 4 aromatic rings. The largest absolute Gasteiger partial charge is 0.350 e. The number of halogens is 1. The van der Waals surface area contributed by atoms with Gasteiger partial charge in [0.15, 0.2) is 11.3 Å². The molecule has 0 aliphatic heterocycles. The summed E-state index contributed by atoms with van der Waals surface area (Å²) < 4.78 is 3.48. The zero-order valence-electron chi connectivity index (χ0n) is 15.6. The number of fused-ring (bicyclic) bond motifs is 1. The third-order valence-corrected chi connectivity index (χ3v) is 4.97. The van der Waals surface area contributed by atoms with Gasteiger partial charge in [-0.2, -0.15) is 10.2 Å². The maximum absolute atomic E-state index is 12.5. The van der Waals surface area contributed by atoms with Gasteiger partial charge in [0.25, 0.3) is 5.91 Å². The molecule has 0 bridgehead atoms. The number of rotatable bonds is 5. The van der Waals surface area contributed by atoms with E-state index in [-0.39, 0.29) is 5.91 Å². The van der Waals surface area contributed by atoms with Crippen LogP contribution in [0.25, 0.3) is 16.9 Å². The fourth-order valence-corrected chi connectivity index (χ4v) is 3.15. The van der Waals surface area contributed by atoms with E-state index in [0.29, 0.717) is 29.3 Å². The molecule has 0 saturated heterocycles. The molecule has 0 fully saturated rings. The molecular weight excluding hydrogens is 376 g/mol. The van der Waals surface area contributed by atoms with Gasteiger partial charge in [-0.3, -0.25) is 9.48 Å². The maximum atomic E-state index is 12.5. The Morgan fingerprint density at radius 3 is 2.71 bits per heavy atom. The number of hydrogen-bond acceptors (Lipinski definition) is 4. The first kappa shape index (κ1) is 18.2. The molecule has 142 valence electrons. The van der Waals surface area contributed by atoms with Gasteiger partial charge >= 0.3 is 0 Å². The van der Waals surface area contributed by atoms with Crippen LogP contribution in [0.3, 0.4) is 0 Å². The lowest BCUT2D eigenvalue weighted by Crippen LogP contribution is -2.26. The van der Waals surface area contributed by atoms with Gasteiger partial charge in [-0.15, -0.1) is 0 Å². The van der Waals surface area contributed by atoms with E-state index in [4.69, 9.17) is 11.6 Å². The average molecular weight is 395 g/mol. The zero-order valence-corrected chi connectivity index (χ0v) is 16.3. The number of hydrogen-bond donors (Lipinski definition) is 1. The van der Waals surface area contributed by atoms with Crippen molar-refractivity contribution in [3.8, 4) is 11.3 Å². The van der Waals surface area contributed by atoms with Crippen molar-refractivity contribution < 1.29 is 4.79 Å². The Kier molecular flexibility index (Phi) is 4.83. The van der Waals surface area contributed by atoms with Crippen molar-refractivity contribution in [1.29, 1.82) is 0 Å². The van der Waals surface area contributed by atoms with E-state index < -0.39 is 0 Å². The lowest BCUT2D eigenvalue weighted by Gasteiger charge is -2.04. The SMILES string of the molecule is Cc1c(-c2ccnc3cc(C(=O)NCCc4ccc(Cl)cc4)nn23)cnn1C. The third-order valence-electron chi connectivity index (χ3n) is 4.71. The molecule has 1 aromatic carbocycles. The highest BCUT2D eigenvalue weighted by Crippen LogP contribution is 2.23. The number of nitrogens with one attached hydrogen (secondary N) is 1. The van der Waals surface area contributed by atoms with Gasteiger partial charge in [-0.25, -0.2) is 9.50 Å². The minimum absolute atomic E-state index is 0.228. The van der Waals surface area contributed by atoms with E-state index >= 15 is 0 Å². The molecule has 8 heteroatoms. The Hall–Kier alpha value is -3.19. The molecule has 0 spiro atoms. The van der Waals surface area contributed by atoms with E-state index in [1.165, 1.54) is 0 Å². The normalized spacial score (nSPS) is 11.1. The number of nitrogens with zero attached hydrogens (tertiary/aromatic N) is 5. The molecule has 3 heterocycles. The van der Waals surface area contributed by atoms with Gasteiger partial charge in [0.05, 0.1) is 11.9 Å². The van der Waals surface area contributed by atoms with Gasteiger partial charge in [-0.1, -0.05) is 23.7 Å². The second-order valence-electron chi connectivity index (χ2n) is 6.53. The van der Waals surface area contributed by atoms with Crippen molar-refractivity contribution in [3.63, 3.8) is 0 Å². The number of benzene rings is 1. The van der Waals surface area contributed by atoms with Crippen molar-refractivity contribution >= 4 is 23.2 Å². The first-order chi connectivity index (χ1) is 13.5. The first-order valence-corrected chi connectivity index (χ1v) is 9.27. The van der Waals surface area contributed by atoms with Gasteiger partial charge in [-0.05, 0) is 37.1 Å². The topological polar surface area (TPSA) is 77.1 Å². The van der Waals surface area contributed by atoms with E-state index in [9.17, 15) is 4.79 Å². The number of amides is 1. The first-order valence-electron chi connectivity index (χ1n) is 8.89. The minimum Gasteiger partial charge on any atom is -0.350 e. The summed E-state index contributed by atoms with van der Waals surface area (Å²) >= 11 is 5.89. The molecule has 4 rings (SSSR count). The van der Waals surface area contributed by atoms with Crippen molar-refractivity contribution in [3.05, 3.63) is 70.8 Å². The molecule has 7 nitrogen and oxygen atoms in total. The van der Waals surface area contributed by atoms with Crippen molar-refractivity contribution in [2.24, 2.45) is 7.05 Å². The Balaban J connectivity index is 1.53. The second kappa shape index (κ2) is 7.44. The molecular formula is C20H19ClN6O. The highest BCUT2D eigenvalue weighted by molar-refractivity contribution is 6.30. The van der Waals surface area contributed by atoms with E-state index in [1.807, 2.05) is 44.3 Å². The van der Waals surface area contributed by atoms with Crippen LogP contribution in [0.5, 0.6) is 0 Å². The van der Waals surface area contributed by atoms with Crippen molar-refractivity contribution in [2.75, 3.05) is 6.54 Å². The highest BCUT2D eigenvalue weighted by Gasteiger charge is 2.16. The van der Waals surface area contributed by atoms with Crippen LogP contribution in [0.1, 0.15) is 21.7 Å². The molecule has 0 radical (unpaired) electrons. The van der Waals surface area contributed by atoms with Gasteiger partial charge in [0.2, 0.25) is 0 Å². The summed E-state index contributed by atoms with van der Waals surface area (Å²) in [6.45, 7) is 2.50. The standard InChI is InChI=1S/C20H19ClN6O/c1-13-16(12-24-26(13)2)18-8-10-22-19-11-17(25-27(18)19)20(28)23-9-7-14-3-5-15(21)6-4-14/h3-6,8,10-12H,7,9H2,1-2H3,(H,23,28). The summed E-state index contributed by atoms with van der Waals surface area (Å²) in [4.78, 5) is 16.8. The van der Waals surface area contributed by atoms with Crippen LogP contribution in [0.15, 0.2) is 48.8 Å². The summed E-state index contributed by atoms with van der Waals surface area (Å²) in [5.74, 6) is -0.228. The molecule has 0 aliphatic rings. The van der Waals surface area contributed by atoms with E-state index in [0.717, 1.165) is 22.5 Å². The molecule has 0 saturated carbocycles. The number of aromatic nitrogens is 5. The van der Waals surface area contributed by atoms with Crippen molar-refractivity contribution in [1.82, 2.24) is 29.7 Å². The van der Waals surface area contributed by atoms with Crippen LogP contribution in [0.2, 0.25) is 5.02 Å². The Morgan fingerprint density at radius 2 is 2.00 bits per heavy atom. The third kappa shape index (κ3) is 3.48. The monoisotopic (exact) mass is 394 g/mol. The fourth-order valence-electron chi connectivity index (χ4n) is 3.02. The molecule has 0 aliphatic carbocycles. The smallest absolute Gasteiger partial charge is 0.271 e. The molecule has 0 atom stereocenters. The maximum Gasteiger partial charge on any atom is 0.271 e. The second-order valence-corrected chi connectivity index (χ2v) is 6.97. The lowest BCUT2D eigenvalue weighted by atomic mass is 10.1. The fraction of sp³-hybridized carbons (Fsp3) is 0.200. The predicted octanol–water partition coefficient (Wildman–Crippen LogP) is 3.06. The number of carbonyl (C=O) groups excluding carboxylic acids is 1. The van der Waals surface area contributed by atoms with Gasteiger partial charge in [0, 0.05) is 42.1 Å². The molecule has 1 N–H and O–H groups in total. The summed E-state index contributed by atoms with van der Waals surface area (Å²) in [5, 5.41) is 12.4. The predicted molar refractivity (Wildman–Crippen MR) is 107 cm³/mol. The van der Waals surface area contributed by atoms with Gasteiger partial charge in [0.1, 0.15) is 0 Å². The van der Waals surface area contributed by atoms with Crippen LogP contribution < -0.4 is 5.32 Å². The highest BCUT2D eigenvalue weighted by atomic mass is 35.5. The summed E-state index contributed by atoms with van der Waals surface area (Å²) in [6.07, 6.45) is 4.22. The van der Waals surface area contributed by atoms with Crippen LogP contribution in [-0.4, -0.2) is 36.8 Å². The zero-order chi connectivity index (χ0) is 19.7. The van der Waals surface area contributed by atoms with Crippen LogP contribution in [-0.2, 0) is 13.5 Å². The minimum atomic E-state index is -0.228. The average Bonchev–Trinajstić information content (AvgIpc) is 3.27. The van der Waals surface area contributed by atoms with E-state index in [1.54, 1.807) is 27.7 Å². The number of carbonyl (C=O) groups is 1. The molecule has 3 aromatic heterocycles. The van der Waals surface area contributed by atoms with Crippen LogP contribution >= 0.6 is 11.6 Å². The van der Waals surface area contributed by atoms with Crippen molar-refractivity contribution in [2.45, 2.75) is 13.3 Å². The van der Waals surface area contributed by atoms with Crippen LogP contribution in [0.4, 0.5) is 0 Å². The Bertz CT molecular complexity index is 1150. The summed E-state index contributed by atoms with van der Waals surface area (Å²) in [5.41, 5.74) is 4.86. The Morgan fingerprint density at radius 1 is 1.21 bits per heavy atom.